The minimum absolute atomic E-state index is 0.425. The second-order valence-corrected chi connectivity index (χ2v) is 7.75. The predicted octanol–water partition coefficient (Wildman–Crippen LogP) is 5.35. The van der Waals surface area contributed by atoms with Crippen LogP contribution in [-0.2, 0) is 5.75 Å². The summed E-state index contributed by atoms with van der Waals surface area (Å²) in [5.41, 5.74) is 3.29. The zero-order valence-corrected chi connectivity index (χ0v) is 17.4. The lowest BCUT2D eigenvalue weighted by Gasteiger charge is -2.14. The molecule has 2 heterocycles. The molecule has 0 amide bonds. The topological polar surface area (TPSA) is 66.0 Å². The lowest BCUT2D eigenvalue weighted by molar-refractivity contribution is 0.415. The molecule has 2 aromatic carbocycles. The molecule has 0 aliphatic heterocycles. The monoisotopic (exact) mass is 406 g/mol. The van der Waals surface area contributed by atoms with Crippen LogP contribution in [0.3, 0.4) is 0 Å². The van der Waals surface area contributed by atoms with E-state index in [2.05, 4.69) is 57.9 Å². The number of aromatic nitrogens is 4. The molecular formula is C22H22N4O2S. The molecule has 0 spiro atoms. The maximum atomic E-state index is 5.83. The summed E-state index contributed by atoms with van der Waals surface area (Å²) in [6, 6.07) is 15.9. The molecule has 7 heteroatoms. The average Bonchev–Trinajstić information content (AvgIpc) is 3.41. The fraction of sp³-hybridized carbons (Fsp3) is 0.227. The highest BCUT2D eigenvalue weighted by molar-refractivity contribution is 7.98. The quantitative estimate of drug-likeness (QED) is 0.386. The highest BCUT2D eigenvalue weighted by Gasteiger charge is 2.14. The van der Waals surface area contributed by atoms with Crippen molar-refractivity contribution in [2.45, 2.75) is 30.7 Å². The number of ether oxygens (including phenoxy) is 1. The Balaban J connectivity index is 1.50. The molecule has 0 bridgehead atoms. The molecule has 0 aliphatic carbocycles. The molecule has 0 N–H and O–H groups in total. The summed E-state index contributed by atoms with van der Waals surface area (Å²) in [6.07, 6.45) is 3.80. The van der Waals surface area contributed by atoms with E-state index in [1.807, 2.05) is 36.7 Å². The highest BCUT2D eigenvalue weighted by atomic mass is 32.2. The van der Waals surface area contributed by atoms with Gasteiger partial charge in [-0.25, -0.2) is 4.98 Å². The first-order chi connectivity index (χ1) is 14.2. The fourth-order valence-corrected chi connectivity index (χ4v) is 3.87. The lowest BCUT2D eigenvalue weighted by atomic mass is 10.0. The van der Waals surface area contributed by atoms with Gasteiger partial charge in [-0.15, -0.1) is 10.2 Å². The number of imidazole rings is 1. The smallest absolute Gasteiger partial charge is 0.247 e. The van der Waals surface area contributed by atoms with Gasteiger partial charge >= 0.3 is 0 Å². The molecule has 2 aromatic heterocycles. The zero-order valence-electron chi connectivity index (χ0n) is 16.6. The maximum absolute atomic E-state index is 5.83. The Labute approximate surface area is 174 Å². The Morgan fingerprint density at radius 2 is 1.86 bits per heavy atom. The van der Waals surface area contributed by atoms with E-state index < -0.39 is 0 Å². The molecule has 0 saturated heterocycles. The van der Waals surface area contributed by atoms with Gasteiger partial charge in [-0.3, -0.25) is 4.57 Å². The van der Waals surface area contributed by atoms with Crippen LogP contribution in [0.2, 0.25) is 0 Å². The third kappa shape index (κ3) is 4.19. The van der Waals surface area contributed by atoms with Crippen molar-refractivity contribution >= 4 is 11.8 Å². The van der Waals surface area contributed by atoms with Crippen LogP contribution in [0.25, 0.3) is 17.1 Å². The van der Waals surface area contributed by atoms with E-state index in [0.717, 1.165) is 22.2 Å². The van der Waals surface area contributed by atoms with Crippen LogP contribution >= 0.6 is 11.8 Å². The van der Waals surface area contributed by atoms with Crippen molar-refractivity contribution in [3.63, 3.8) is 0 Å². The Morgan fingerprint density at radius 3 is 2.62 bits per heavy atom. The van der Waals surface area contributed by atoms with Crippen molar-refractivity contribution in [3.05, 3.63) is 72.4 Å². The van der Waals surface area contributed by atoms with E-state index in [-0.39, 0.29) is 0 Å². The largest absolute Gasteiger partial charge is 0.497 e. The van der Waals surface area contributed by atoms with Crippen molar-refractivity contribution in [2.24, 2.45) is 0 Å². The third-order valence-electron chi connectivity index (χ3n) is 4.55. The van der Waals surface area contributed by atoms with Crippen molar-refractivity contribution < 1.29 is 9.15 Å². The normalized spacial score (nSPS) is 11.2. The first-order valence-electron chi connectivity index (χ1n) is 9.38. The molecular weight excluding hydrogens is 384 g/mol. The number of para-hydroxylation sites is 1. The molecule has 0 radical (unpaired) electrons. The maximum Gasteiger partial charge on any atom is 0.247 e. The summed E-state index contributed by atoms with van der Waals surface area (Å²) < 4.78 is 13.1. The van der Waals surface area contributed by atoms with Crippen molar-refractivity contribution in [1.82, 2.24) is 19.7 Å². The van der Waals surface area contributed by atoms with Crippen LogP contribution in [0.15, 0.2) is 70.5 Å². The Morgan fingerprint density at radius 1 is 1.07 bits per heavy atom. The van der Waals surface area contributed by atoms with Gasteiger partial charge in [0.2, 0.25) is 11.8 Å². The number of nitrogens with zero attached hydrogens (tertiary/aromatic N) is 4. The molecule has 148 valence electrons. The number of rotatable bonds is 7. The Bertz CT molecular complexity index is 1090. The second kappa shape index (κ2) is 8.53. The molecule has 4 rings (SSSR count). The van der Waals surface area contributed by atoms with Crippen LogP contribution < -0.4 is 4.74 Å². The first kappa shape index (κ1) is 19.3. The van der Waals surface area contributed by atoms with Crippen LogP contribution in [0, 0.1) is 0 Å². The molecule has 0 unspecified atom stereocenters. The van der Waals surface area contributed by atoms with Crippen LogP contribution in [0.5, 0.6) is 5.75 Å². The lowest BCUT2D eigenvalue weighted by Crippen LogP contribution is -2.01. The number of thioether (sulfide) groups is 1. The van der Waals surface area contributed by atoms with E-state index in [4.69, 9.17) is 9.15 Å². The molecule has 4 aromatic rings. The fourth-order valence-electron chi connectivity index (χ4n) is 3.06. The Kier molecular flexibility index (Phi) is 5.67. The van der Waals surface area contributed by atoms with Crippen molar-refractivity contribution in [3.8, 4) is 22.9 Å². The summed E-state index contributed by atoms with van der Waals surface area (Å²) in [5.74, 6) is 2.82. The highest BCUT2D eigenvalue weighted by Crippen LogP contribution is 2.29. The summed E-state index contributed by atoms with van der Waals surface area (Å²) >= 11 is 1.57. The number of benzene rings is 2. The standard InChI is InChI=1S/C22H22N4O2S/c1-15(2)18-6-4-5-7-19(18)26-13-12-23-22(26)29-14-20-24-25-21(28-20)16-8-10-17(27-3)11-9-16/h4-13,15H,14H2,1-3H3. The first-order valence-corrected chi connectivity index (χ1v) is 10.4. The van der Waals surface area contributed by atoms with E-state index >= 15 is 0 Å². The van der Waals surface area contributed by atoms with Crippen LogP contribution in [0.1, 0.15) is 31.2 Å². The van der Waals surface area contributed by atoms with Gasteiger partial charge in [0.1, 0.15) is 5.75 Å². The molecule has 0 fully saturated rings. The summed E-state index contributed by atoms with van der Waals surface area (Å²) in [4.78, 5) is 4.51. The number of methoxy groups -OCH3 is 1. The van der Waals surface area contributed by atoms with Gasteiger partial charge in [0.25, 0.3) is 0 Å². The van der Waals surface area contributed by atoms with E-state index in [1.54, 1.807) is 18.9 Å². The molecule has 6 nitrogen and oxygen atoms in total. The van der Waals surface area contributed by atoms with Gasteiger partial charge in [-0.2, -0.15) is 0 Å². The van der Waals surface area contributed by atoms with Gasteiger partial charge < -0.3 is 9.15 Å². The number of hydrogen-bond acceptors (Lipinski definition) is 6. The summed E-state index contributed by atoms with van der Waals surface area (Å²) in [7, 11) is 1.64. The molecule has 0 saturated carbocycles. The second-order valence-electron chi connectivity index (χ2n) is 6.81. The summed E-state index contributed by atoms with van der Waals surface area (Å²) in [5, 5.41) is 9.23. The van der Waals surface area contributed by atoms with Crippen LogP contribution in [0.4, 0.5) is 0 Å². The third-order valence-corrected chi connectivity index (χ3v) is 5.51. The van der Waals surface area contributed by atoms with E-state index in [1.165, 1.54) is 5.56 Å². The molecule has 29 heavy (non-hydrogen) atoms. The van der Waals surface area contributed by atoms with Gasteiger partial charge in [-0.1, -0.05) is 43.8 Å². The van der Waals surface area contributed by atoms with Gasteiger partial charge in [0.15, 0.2) is 5.16 Å². The molecule has 0 aliphatic rings. The van der Waals surface area contributed by atoms with Gasteiger partial charge in [0, 0.05) is 18.0 Å². The summed E-state index contributed by atoms with van der Waals surface area (Å²) in [6.45, 7) is 4.39. The van der Waals surface area contributed by atoms with E-state index in [9.17, 15) is 0 Å². The van der Waals surface area contributed by atoms with E-state index in [0.29, 0.717) is 23.5 Å². The predicted molar refractivity (Wildman–Crippen MR) is 114 cm³/mol. The zero-order chi connectivity index (χ0) is 20.2. The minimum Gasteiger partial charge on any atom is -0.497 e. The van der Waals surface area contributed by atoms with Crippen molar-refractivity contribution in [2.75, 3.05) is 7.11 Å². The van der Waals surface area contributed by atoms with Gasteiger partial charge in [0.05, 0.1) is 18.6 Å². The van der Waals surface area contributed by atoms with Gasteiger partial charge in [-0.05, 0) is 41.8 Å². The SMILES string of the molecule is COc1ccc(-c2nnc(CSc3nccn3-c3ccccc3C(C)C)o2)cc1. The Hall–Kier alpha value is -3.06. The number of hydrogen-bond donors (Lipinski definition) is 0. The molecule has 0 atom stereocenters. The van der Waals surface area contributed by atoms with Crippen molar-refractivity contribution in [1.29, 1.82) is 0 Å². The van der Waals surface area contributed by atoms with Crippen LogP contribution in [-0.4, -0.2) is 26.9 Å². The average molecular weight is 407 g/mol. The minimum atomic E-state index is 0.425.